The van der Waals surface area contributed by atoms with Crippen LogP contribution in [0.1, 0.15) is 6.42 Å². The summed E-state index contributed by atoms with van der Waals surface area (Å²) in [7, 11) is 4.05. The average Bonchev–Trinajstić information content (AvgIpc) is 2.94. The molecule has 0 fully saturated rings. The highest BCUT2D eigenvalue weighted by Crippen LogP contribution is 2.31. The number of anilines is 1. The van der Waals surface area contributed by atoms with Gasteiger partial charge in [0.05, 0.1) is 10.5 Å². The van der Waals surface area contributed by atoms with E-state index < -0.39 is 5.78 Å². The minimum absolute atomic E-state index is 0.0125. The zero-order valence-electron chi connectivity index (χ0n) is 14.6. The normalized spacial score (nSPS) is 16.3. The van der Waals surface area contributed by atoms with Gasteiger partial charge in [-0.05, 0) is 45.3 Å². The summed E-state index contributed by atoms with van der Waals surface area (Å²) in [4.78, 5) is 18.2. The van der Waals surface area contributed by atoms with Crippen molar-refractivity contribution in [1.29, 1.82) is 0 Å². The molecule has 136 valence electrons. The summed E-state index contributed by atoms with van der Waals surface area (Å²) in [6.45, 7) is 1.69. The fourth-order valence-corrected chi connectivity index (χ4v) is 2.72. The predicted molar refractivity (Wildman–Crippen MR) is 104 cm³/mol. The van der Waals surface area contributed by atoms with Gasteiger partial charge < -0.3 is 15.3 Å². The number of rotatable bonds is 6. The molecule has 3 rings (SSSR count). The number of hydrogen-bond donors (Lipinski definition) is 2. The first kappa shape index (κ1) is 18.2. The number of aliphatic imine (C=N–C) groups is 1. The highest BCUT2D eigenvalue weighted by atomic mass is 35.5. The van der Waals surface area contributed by atoms with Gasteiger partial charge in [-0.1, -0.05) is 17.7 Å². The van der Waals surface area contributed by atoms with Crippen molar-refractivity contribution in [3.63, 3.8) is 0 Å². The molecule has 0 spiro atoms. The van der Waals surface area contributed by atoms with Crippen LogP contribution in [0.4, 0.5) is 11.5 Å². The number of allylic oxidation sites excluding steroid dienone is 3. The van der Waals surface area contributed by atoms with Crippen LogP contribution in [0.15, 0.2) is 52.3 Å². The Bertz CT molecular complexity index is 927. The van der Waals surface area contributed by atoms with Gasteiger partial charge >= 0.3 is 0 Å². The maximum Gasteiger partial charge on any atom is 0.201 e. The number of fused-ring (bicyclic) bond motifs is 1. The van der Waals surface area contributed by atoms with E-state index in [4.69, 9.17) is 11.6 Å². The minimum Gasteiger partial charge on any atom is -0.506 e. The number of aliphatic hydroxyl groups excluding tert-OH is 1. The summed E-state index contributed by atoms with van der Waals surface area (Å²) in [6.07, 6.45) is 5.20. The van der Waals surface area contributed by atoms with E-state index in [1.165, 1.54) is 6.08 Å². The highest BCUT2D eigenvalue weighted by molar-refractivity contribution is 6.47. The van der Waals surface area contributed by atoms with Gasteiger partial charge in [0.25, 0.3) is 0 Å². The largest absolute Gasteiger partial charge is 0.506 e. The van der Waals surface area contributed by atoms with Crippen LogP contribution in [-0.2, 0) is 4.79 Å². The number of nitrogens with zero attached hydrogens (tertiary/aromatic N) is 4. The van der Waals surface area contributed by atoms with Crippen LogP contribution < -0.4 is 5.32 Å². The van der Waals surface area contributed by atoms with Gasteiger partial charge in [-0.2, -0.15) is 0 Å². The summed E-state index contributed by atoms with van der Waals surface area (Å²) < 4.78 is 1.72. The van der Waals surface area contributed by atoms with Crippen molar-refractivity contribution < 1.29 is 9.90 Å². The molecule has 0 aromatic carbocycles. The molecule has 26 heavy (non-hydrogen) atoms. The second kappa shape index (κ2) is 7.72. The third-order valence-corrected chi connectivity index (χ3v) is 4.15. The Kier molecular flexibility index (Phi) is 5.39. The SMILES string of the molecule is CN(C)CCCNc1nn2ccccc2c1/N=C1\C=C(Cl)C(=O)C=C1O. The van der Waals surface area contributed by atoms with Gasteiger partial charge in [0, 0.05) is 18.8 Å². The molecule has 0 saturated heterocycles. The maximum atomic E-state index is 11.5. The van der Waals surface area contributed by atoms with E-state index in [-0.39, 0.29) is 16.5 Å². The zero-order chi connectivity index (χ0) is 18.7. The van der Waals surface area contributed by atoms with Crippen molar-refractivity contribution >= 4 is 40.1 Å². The number of halogens is 1. The minimum atomic E-state index is -0.440. The first-order valence-corrected chi connectivity index (χ1v) is 8.60. The van der Waals surface area contributed by atoms with Crippen molar-refractivity contribution in [3.05, 3.63) is 47.3 Å². The first-order chi connectivity index (χ1) is 12.5. The number of nitrogens with one attached hydrogen (secondary N) is 1. The molecule has 2 N–H and O–H groups in total. The monoisotopic (exact) mass is 373 g/mol. The average molecular weight is 374 g/mol. The number of carbonyl (C=O) groups is 1. The number of hydrogen-bond acceptors (Lipinski definition) is 6. The fourth-order valence-electron chi connectivity index (χ4n) is 2.56. The Labute approximate surface area is 156 Å². The van der Waals surface area contributed by atoms with Crippen LogP contribution in [0.3, 0.4) is 0 Å². The molecule has 1 aliphatic carbocycles. The zero-order valence-corrected chi connectivity index (χ0v) is 15.4. The summed E-state index contributed by atoms with van der Waals surface area (Å²) >= 11 is 5.89. The molecule has 0 radical (unpaired) electrons. The molecular weight excluding hydrogens is 354 g/mol. The third kappa shape index (κ3) is 3.95. The Hall–Kier alpha value is -2.64. The van der Waals surface area contributed by atoms with Gasteiger partial charge in [0.2, 0.25) is 5.78 Å². The van der Waals surface area contributed by atoms with Crippen molar-refractivity contribution in [1.82, 2.24) is 14.5 Å². The molecule has 0 amide bonds. The molecule has 0 saturated carbocycles. The second-order valence-corrected chi connectivity index (χ2v) is 6.60. The van der Waals surface area contributed by atoms with Crippen LogP contribution in [0.2, 0.25) is 0 Å². The Balaban J connectivity index is 1.96. The summed E-state index contributed by atoms with van der Waals surface area (Å²) in [5.41, 5.74) is 1.59. The Morgan fingerprint density at radius 2 is 2.15 bits per heavy atom. The Morgan fingerprint density at radius 3 is 2.92 bits per heavy atom. The van der Waals surface area contributed by atoms with Crippen LogP contribution in [-0.4, -0.2) is 58.3 Å². The van der Waals surface area contributed by atoms with Crippen LogP contribution in [0.5, 0.6) is 0 Å². The van der Waals surface area contributed by atoms with E-state index in [0.717, 1.165) is 31.1 Å². The molecule has 2 aromatic heterocycles. The lowest BCUT2D eigenvalue weighted by atomic mass is 10.1. The van der Waals surface area contributed by atoms with Crippen molar-refractivity contribution in [2.24, 2.45) is 4.99 Å². The first-order valence-electron chi connectivity index (χ1n) is 8.23. The number of aromatic nitrogens is 2. The van der Waals surface area contributed by atoms with E-state index in [2.05, 4.69) is 20.3 Å². The topological polar surface area (TPSA) is 82.2 Å². The van der Waals surface area contributed by atoms with Gasteiger partial charge in [-0.15, -0.1) is 5.10 Å². The van der Waals surface area contributed by atoms with Gasteiger partial charge in [-0.25, -0.2) is 9.51 Å². The quantitative estimate of drug-likeness (QED) is 0.601. The third-order valence-electron chi connectivity index (χ3n) is 3.85. The summed E-state index contributed by atoms with van der Waals surface area (Å²) in [5, 5.41) is 17.9. The molecule has 8 heteroatoms. The molecule has 2 heterocycles. The van der Waals surface area contributed by atoms with E-state index in [1.807, 2.05) is 38.5 Å². The number of pyridine rings is 1. The van der Waals surface area contributed by atoms with Gasteiger partial charge in [-0.3, -0.25) is 4.79 Å². The van der Waals surface area contributed by atoms with Crippen LogP contribution in [0.25, 0.3) is 5.52 Å². The molecule has 0 aliphatic heterocycles. The smallest absolute Gasteiger partial charge is 0.201 e. The summed E-state index contributed by atoms with van der Waals surface area (Å²) in [5.74, 6) is -0.0464. The van der Waals surface area contributed by atoms with Gasteiger partial charge in [0.1, 0.15) is 17.2 Å². The van der Waals surface area contributed by atoms with E-state index in [0.29, 0.717) is 11.5 Å². The molecule has 0 bridgehead atoms. The summed E-state index contributed by atoms with van der Waals surface area (Å²) in [6, 6.07) is 5.65. The Morgan fingerprint density at radius 1 is 1.35 bits per heavy atom. The van der Waals surface area contributed by atoms with Crippen molar-refractivity contribution in [2.75, 3.05) is 32.5 Å². The van der Waals surface area contributed by atoms with Crippen LogP contribution >= 0.6 is 11.6 Å². The number of ketones is 1. The predicted octanol–water partition coefficient (Wildman–Crippen LogP) is 2.92. The molecule has 2 aromatic rings. The van der Waals surface area contributed by atoms with E-state index >= 15 is 0 Å². The molecule has 7 nitrogen and oxygen atoms in total. The second-order valence-electron chi connectivity index (χ2n) is 6.19. The standard InChI is InChI=1S/C18H20ClN5O2/c1-23(2)8-5-7-20-18-17(14-6-3-4-9-24(14)22-18)21-13-10-12(19)15(25)11-16(13)26/h3-4,6,9-11,26H,5,7-8H2,1-2H3,(H,20,22)/b21-13+. The van der Waals surface area contributed by atoms with Crippen LogP contribution in [0, 0.1) is 0 Å². The molecule has 0 unspecified atom stereocenters. The van der Waals surface area contributed by atoms with E-state index in [9.17, 15) is 9.90 Å². The molecule has 0 atom stereocenters. The fraction of sp³-hybridized carbons (Fsp3) is 0.278. The molecule has 1 aliphatic rings. The van der Waals surface area contributed by atoms with Gasteiger partial charge in [0.15, 0.2) is 5.82 Å². The highest BCUT2D eigenvalue weighted by Gasteiger charge is 2.19. The number of carbonyl (C=O) groups excluding carboxylic acids is 1. The van der Waals surface area contributed by atoms with Crippen molar-refractivity contribution in [3.8, 4) is 0 Å². The molecular formula is C18H20ClN5O2. The van der Waals surface area contributed by atoms with E-state index in [1.54, 1.807) is 4.52 Å². The lowest BCUT2D eigenvalue weighted by Crippen LogP contribution is -2.16. The lowest BCUT2D eigenvalue weighted by molar-refractivity contribution is -0.110. The maximum absolute atomic E-state index is 11.5. The van der Waals surface area contributed by atoms with Crippen molar-refractivity contribution in [2.45, 2.75) is 6.42 Å². The number of aliphatic hydroxyl groups is 1. The lowest BCUT2D eigenvalue weighted by Gasteiger charge is -2.10.